The molecule has 0 atom stereocenters. The van der Waals surface area contributed by atoms with Crippen LogP contribution in [0.4, 0.5) is 11.5 Å². The first-order chi connectivity index (χ1) is 13.7. The number of aromatic nitrogens is 2. The van der Waals surface area contributed by atoms with Gasteiger partial charge < -0.3 is 14.5 Å². The number of halogens is 1. The van der Waals surface area contributed by atoms with Gasteiger partial charge in [-0.2, -0.15) is 0 Å². The van der Waals surface area contributed by atoms with Gasteiger partial charge in [-0.05, 0) is 43.2 Å². The number of piperazine rings is 1. The van der Waals surface area contributed by atoms with E-state index in [0.29, 0.717) is 5.92 Å². The number of ether oxygens (including phenoxy) is 1. The first-order valence-electron chi connectivity index (χ1n) is 9.83. The average Bonchev–Trinajstić information content (AvgIpc) is 3.58. The first-order valence-corrected chi connectivity index (χ1v) is 10.6. The van der Waals surface area contributed by atoms with E-state index in [9.17, 15) is 0 Å². The fraction of sp³-hybridized carbons (Fsp3) is 0.364. The van der Waals surface area contributed by atoms with E-state index in [1.807, 2.05) is 12.1 Å². The number of fused-ring (bicyclic) bond motifs is 1. The highest BCUT2D eigenvalue weighted by Crippen LogP contribution is 2.40. The Hall–Kier alpha value is -2.34. The van der Waals surface area contributed by atoms with E-state index in [1.54, 1.807) is 7.11 Å². The standard InChI is InChI=1S/C22H23BrN4O/c1-28-20-5-3-2-4-19(20)26-10-12-27(13-11-26)22-17-14-16(23)8-9-18(17)24-21(25-22)15-6-7-15/h2-5,8-9,14-15H,6-7,10-13H2,1H3. The second-order valence-electron chi connectivity index (χ2n) is 7.49. The monoisotopic (exact) mass is 438 g/mol. The van der Waals surface area contributed by atoms with Gasteiger partial charge in [0.2, 0.25) is 0 Å². The predicted molar refractivity (Wildman–Crippen MR) is 117 cm³/mol. The average molecular weight is 439 g/mol. The van der Waals surface area contributed by atoms with Gasteiger partial charge in [0, 0.05) is 42.0 Å². The number of benzene rings is 2. The highest BCUT2D eigenvalue weighted by molar-refractivity contribution is 9.10. The number of hydrogen-bond acceptors (Lipinski definition) is 5. The molecule has 1 saturated heterocycles. The number of anilines is 2. The van der Waals surface area contributed by atoms with E-state index >= 15 is 0 Å². The van der Waals surface area contributed by atoms with Crippen LogP contribution in [0.25, 0.3) is 10.9 Å². The molecular weight excluding hydrogens is 416 g/mol. The molecule has 6 heteroatoms. The van der Waals surface area contributed by atoms with Crippen LogP contribution in [0.2, 0.25) is 0 Å². The molecule has 0 spiro atoms. The van der Waals surface area contributed by atoms with Crippen LogP contribution in [0.5, 0.6) is 5.75 Å². The number of para-hydroxylation sites is 2. The largest absolute Gasteiger partial charge is 0.495 e. The summed E-state index contributed by atoms with van der Waals surface area (Å²) in [6.45, 7) is 3.75. The van der Waals surface area contributed by atoms with Crippen molar-refractivity contribution >= 4 is 38.3 Å². The molecule has 144 valence electrons. The van der Waals surface area contributed by atoms with E-state index in [0.717, 1.165) is 58.9 Å². The third-order valence-corrected chi connectivity index (χ3v) is 6.10. The van der Waals surface area contributed by atoms with Crippen LogP contribution in [0.1, 0.15) is 24.6 Å². The zero-order chi connectivity index (χ0) is 19.1. The van der Waals surface area contributed by atoms with Crippen LogP contribution in [0.3, 0.4) is 0 Å². The zero-order valence-corrected chi connectivity index (χ0v) is 17.5. The van der Waals surface area contributed by atoms with Gasteiger partial charge in [-0.3, -0.25) is 0 Å². The second-order valence-corrected chi connectivity index (χ2v) is 8.40. The van der Waals surface area contributed by atoms with Crippen molar-refractivity contribution in [3.63, 3.8) is 0 Å². The molecule has 1 aliphatic carbocycles. The Morgan fingerprint density at radius 1 is 0.964 bits per heavy atom. The minimum atomic E-state index is 0.543. The number of methoxy groups -OCH3 is 1. The Morgan fingerprint density at radius 3 is 2.46 bits per heavy atom. The fourth-order valence-electron chi connectivity index (χ4n) is 3.92. The van der Waals surface area contributed by atoms with Gasteiger partial charge in [-0.25, -0.2) is 9.97 Å². The van der Waals surface area contributed by atoms with E-state index in [2.05, 4.69) is 56.1 Å². The molecule has 3 aromatic rings. The smallest absolute Gasteiger partial charge is 0.142 e. The minimum Gasteiger partial charge on any atom is -0.495 e. The van der Waals surface area contributed by atoms with Gasteiger partial charge in [0.25, 0.3) is 0 Å². The summed E-state index contributed by atoms with van der Waals surface area (Å²) in [6.07, 6.45) is 2.42. The molecule has 2 fully saturated rings. The third kappa shape index (κ3) is 3.30. The van der Waals surface area contributed by atoms with Crippen LogP contribution >= 0.6 is 15.9 Å². The molecule has 2 aromatic carbocycles. The fourth-order valence-corrected chi connectivity index (χ4v) is 4.28. The van der Waals surface area contributed by atoms with Gasteiger partial charge in [-0.1, -0.05) is 28.1 Å². The number of nitrogens with zero attached hydrogens (tertiary/aromatic N) is 4. The van der Waals surface area contributed by atoms with Crippen molar-refractivity contribution in [1.82, 2.24) is 9.97 Å². The molecule has 0 amide bonds. The Labute approximate surface area is 173 Å². The Morgan fingerprint density at radius 2 is 1.71 bits per heavy atom. The molecule has 0 N–H and O–H groups in total. The summed E-state index contributed by atoms with van der Waals surface area (Å²) in [5.74, 6) is 3.56. The topological polar surface area (TPSA) is 41.5 Å². The van der Waals surface area contributed by atoms with E-state index in [4.69, 9.17) is 14.7 Å². The molecule has 2 aliphatic rings. The lowest BCUT2D eigenvalue weighted by Crippen LogP contribution is -2.47. The summed E-state index contributed by atoms with van der Waals surface area (Å²) >= 11 is 3.61. The summed E-state index contributed by atoms with van der Waals surface area (Å²) in [5.41, 5.74) is 2.21. The lowest BCUT2D eigenvalue weighted by Gasteiger charge is -2.37. The summed E-state index contributed by atoms with van der Waals surface area (Å²) < 4.78 is 6.62. The predicted octanol–water partition coefficient (Wildman–Crippen LogP) is 4.60. The number of rotatable bonds is 4. The van der Waals surface area contributed by atoms with Crippen LogP contribution < -0.4 is 14.5 Å². The van der Waals surface area contributed by atoms with Crippen molar-refractivity contribution in [2.75, 3.05) is 43.1 Å². The van der Waals surface area contributed by atoms with Gasteiger partial charge in [0.1, 0.15) is 17.4 Å². The Kier molecular flexibility index (Phi) is 4.59. The summed E-state index contributed by atoms with van der Waals surface area (Å²) in [5, 5.41) is 1.13. The SMILES string of the molecule is COc1ccccc1N1CCN(c2nc(C3CC3)nc3ccc(Br)cc23)CC1. The summed E-state index contributed by atoms with van der Waals surface area (Å²) in [6, 6.07) is 14.6. The van der Waals surface area contributed by atoms with Crippen molar-refractivity contribution in [3.05, 3.63) is 52.8 Å². The van der Waals surface area contributed by atoms with Gasteiger partial charge in [-0.15, -0.1) is 0 Å². The molecule has 1 aliphatic heterocycles. The molecule has 0 radical (unpaired) electrons. The van der Waals surface area contributed by atoms with Crippen LogP contribution in [0, 0.1) is 0 Å². The Bertz CT molecular complexity index is 1010. The van der Waals surface area contributed by atoms with Gasteiger partial charge in [0.05, 0.1) is 18.3 Å². The molecule has 28 heavy (non-hydrogen) atoms. The van der Waals surface area contributed by atoms with Gasteiger partial charge >= 0.3 is 0 Å². The molecule has 0 bridgehead atoms. The molecule has 1 aromatic heterocycles. The van der Waals surface area contributed by atoms with Crippen LogP contribution in [0.15, 0.2) is 46.9 Å². The summed E-state index contributed by atoms with van der Waals surface area (Å²) in [7, 11) is 1.74. The normalized spacial score (nSPS) is 17.2. The van der Waals surface area contributed by atoms with Crippen LogP contribution in [-0.4, -0.2) is 43.3 Å². The van der Waals surface area contributed by atoms with Crippen LogP contribution in [-0.2, 0) is 0 Å². The molecule has 5 rings (SSSR count). The maximum Gasteiger partial charge on any atom is 0.142 e. The van der Waals surface area contributed by atoms with Crippen molar-refractivity contribution in [2.45, 2.75) is 18.8 Å². The van der Waals surface area contributed by atoms with E-state index in [1.165, 1.54) is 18.5 Å². The lowest BCUT2D eigenvalue weighted by molar-refractivity contribution is 0.413. The van der Waals surface area contributed by atoms with Gasteiger partial charge in [0.15, 0.2) is 0 Å². The minimum absolute atomic E-state index is 0.543. The maximum absolute atomic E-state index is 5.55. The quantitative estimate of drug-likeness (QED) is 0.594. The third-order valence-electron chi connectivity index (χ3n) is 5.60. The lowest BCUT2D eigenvalue weighted by atomic mass is 10.2. The van der Waals surface area contributed by atoms with E-state index in [-0.39, 0.29) is 0 Å². The zero-order valence-electron chi connectivity index (χ0n) is 15.9. The maximum atomic E-state index is 5.55. The van der Waals surface area contributed by atoms with Crippen molar-refractivity contribution in [3.8, 4) is 5.75 Å². The second kappa shape index (κ2) is 7.24. The molecule has 5 nitrogen and oxygen atoms in total. The van der Waals surface area contributed by atoms with Crippen molar-refractivity contribution in [2.24, 2.45) is 0 Å². The Balaban J connectivity index is 1.44. The molecule has 0 unspecified atom stereocenters. The molecule has 2 heterocycles. The highest BCUT2D eigenvalue weighted by atomic mass is 79.9. The molecular formula is C22H23BrN4O. The van der Waals surface area contributed by atoms with E-state index < -0.39 is 0 Å². The summed E-state index contributed by atoms with van der Waals surface area (Å²) in [4.78, 5) is 14.7. The first kappa shape index (κ1) is 17.7. The molecule has 1 saturated carbocycles. The highest BCUT2D eigenvalue weighted by Gasteiger charge is 2.29. The van der Waals surface area contributed by atoms with Crippen molar-refractivity contribution in [1.29, 1.82) is 0 Å². The number of hydrogen-bond donors (Lipinski definition) is 0. The van der Waals surface area contributed by atoms with Crippen molar-refractivity contribution < 1.29 is 4.74 Å².